The molecule has 1 aliphatic carbocycles. The van der Waals surface area contributed by atoms with Crippen molar-refractivity contribution in [1.29, 1.82) is 0 Å². The zero-order valence-electron chi connectivity index (χ0n) is 28.9. The maximum atomic E-state index is 4.97. The second-order valence-corrected chi connectivity index (χ2v) is 15.3. The fourth-order valence-corrected chi connectivity index (χ4v) is 6.31. The summed E-state index contributed by atoms with van der Waals surface area (Å²) < 4.78 is 6.38. The molecule has 1 aliphatic rings. The van der Waals surface area contributed by atoms with Crippen LogP contribution in [0.4, 0.5) is 0 Å². The van der Waals surface area contributed by atoms with Gasteiger partial charge < -0.3 is 29.2 Å². The van der Waals surface area contributed by atoms with Gasteiger partial charge >= 0.3 is 99.2 Å². The summed E-state index contributed by atoms with van der Waals surface area (Å²) >= 11 is 1.46. The number of rotatable bonds is 3. The van der Waals surface area contributed by atoms with Crippen LogP contribution in [0.15, 0.2) is 138 Å². The summed E-state index contributed by atoms with van der Waals surface area (Å²) in [5.41, 5.74) is 8.12. The normalized spacial score (nSPS) is 13.8. The number of halogens is 2. The molecule has 0 saturated heterocycles. The Kier molecular flexibility index (Phi) is 13.9. The van der Waals surface area contributed by atoms with Crippen molar-refractivity contribution < 1.29 is 53.5 Å². The second kappa shape index (κ2) is 17.0. The Morgan fingerprint density at radius 3 is 1.54 bits per heavy atom. The molecule has 1 nitrogen and oxygen atoms in total. The van der Waals surface area contributed by atoms with Crippen LogP contribution in [-0.2, 0) is 35.1 Å². The van der Waals surface area contributed by atoms with Gasteiger partial charge in [-0.25, -0.2) is 0 Å². The quantitative estimate of drug-likeness (QED) is 0.209. The van der Waals surface area contributed by atoms with Crippen molar-refractivity contribution in [1.82, 2.24) is 0 Å². The molecule has 7 rings (SSSR count). The van der Waals surface area contributed by atoms with E-state index >= 15 is 0 Å². The Labute approximate surface area is 314 Å². The summed E-state index contributed by atoms with van der Waals surface area (Å²) in [4.78, 5) is 0. The first-order chi connectivity index (χ1) is 21.9. The number of hydrogen-bond acceptors (Lipinski definition) is 1. The van der Waals surface area contributed by atoms with Crippen LogP contribution >= 0.6 is 0 Å². The van der Waals surface area contributed by atoms with Crippen molar-refractivity contribution in [3.63, 3.8) is 0 Å². The standard InChI is InChI=1S/C21H25.C13H10.C10H9O.2ClH.Zr/c1-20(2,3)16-9-7-14-11-15-8-10-17(21(4,5)6)13-19(15)18(14)12-16;1-3-7-12(8-4-1)11-13-9-5-2-6-10-13;1-8-2-3-9(6-8)10-4-5-11-7-10;;;/h7-13H,1-6H3;1-10H;2-5,7-8H,1H3;2*1H;/q-1;;-1;;;+2/p-2. The van der Waals surface area contributed by atoms with E-state index < -0.39 is 0 Å². The van der Waals surface area contributed by atoms with E-state index in [0.29, 0.717) is 5.92 Å². The maximum absolute atomic E-state index is 4.97. The van der Waals surface area contributed by atoms with Crippen LogP contribution in [0.3, 0.4) is 0 Å². The molecule has 1 aromatic heterocycles. The fraction of sp³-hybridized carbons (Fsp3) is 0.227. The van der Waals surface area contributed by atoms with Crippen molar-refractivity contribution in [2.24, 2.45) is 5.92 Å². The summed E-state index contributed by atoms with van der Waals surface area (Å²) in [7, 11) is 0. The monoisotopic (exact) mass is 748 g/mol. The Hall–Kier alpha value is -3.16. The van der Waals surface area contributed by atoms with E-state index in [1.54, 1.807) is 12.5 Å². The van der Waals surface area contributed by atoms with Crippen molar-refractivity contribution >= 4 is 30.3 Å². The zero-order valence-corrected chi connectivity index (χ0v) is 32.9. The van der Waals surface area contributed by atoms with Gasteiger partial charge in [-0.05, 0) is 10.8 Å². The Bertz CT molecular complexity index is 1860. The first-order valence-corrected chi connectivity index (χ1v) is 17.3. The van der Waals surface area contributed by atoms with Crippen molar-refractivity contribution in [2.75, 3.05) is 0 Å². The molecule has 1 unspecified atom stereocenters. The van der Waals surface area contributed by atoms with E-state index in [1.807, 2.05) is 6.07 Å². The number of allylic oxidation sites excluding steroid dienone is 4. The summed E-state index contributed by atoms with van der Waals surface area (Å²) in [5, 5.41) is 5.49. The molecule has 1 atom stereocenters. The number of furan rings is 1. The first-order valence-electron chi connectivity index (χ1n) is 16.1. The molecule has 1 heterocycles. The molecule has 0 N–H and O–H groups in total. The van der Waals surface area contributed by atoms with Gasteiger partial charge in [0.1, 0.15) is 0 Å². The van der Waals surface area contributed by atoms with Gasteiger partial charge in [0.15, 0.2) is 0 Å². The van der Waals surface area contributed by atoms with E-state index in [-0.39, 0.29) is 35.6 Å². The van der Waals surface area contributed by atoms with Gasteiger partial charge in [0, 0.05) is 6.26 Å². The van der Waals surface area contributed by atoms with Crippen LogP contribution in [0.2, 0.25) is 0 Å². The molecule has 0 spiro atoms. The third-order valence-corrected chi connectivity index (χ3v) is 9.75. The topological polar surface area (TPSA) is 13.1 Å². The minimum absolute atomic E-state index is 0. The summed E-state index contributed by atoms with van der Waals surface area (Å²) in [6.07, 6.45) is 10.9. The minimum atomic E-state index is 0. The molecule has 0 saturated carbocycles. The van der Waals surface area contributed by atoms with E-state index in [9.17, 15) is 0 Å². The van der Waals surface area contributed by atoms with Crippen LogP contribution in [0.5, 0.6) is 0 Å². The Balaban J connectivity index is 0.000000202. The molecular formula is C44H44Cl2OZr-2. The van der Waals surface area contributed by atoms with Crippen LogP contribution in [0, 0.1) is 12.0 Å². The van der Waals surface area contributed by atoms with Gasteiger partial charge in [0.25, 0.3) is 0 Å². The SMILES string of the molecule is CC(C)(C)c1ccc2[cH-]c3ccc(C(C)(C)C)cc3c2c1.CC1[C-]=C(c2ccoc2)C=C1.[Cl-].[Cl-].[Zr+2]=[C](c1ccccc1)c1ccccc1. The van der Waals surface area contributed by atoms with E-state index in [4.69, 9.17) is 4.42 Å². The molecule has 4 heteroatoms. The van der Waals surface area contributed by atoms with Crippen LogP contribution in [-0.4, -0.2) is 3.21 Å². The molecule has 246 valence electrons. The van der Waals surface area contributed by atoms with Crippen LogP contribution in [0.1, 0.15) is 76.3 Å². The average Bonchev–Trinajstić information content (AvgIpc) is 3.81. The second-order valence-electron chi connectivity index (χ2n) is 14.1. The molecule has 0 fully saturated rings. The van der Waals surface area contributed by atoms with Gasteiger partial charge in [-0.3, -0.25) is 0 Å². The zero-order chi connectivity index (χ0) is 32.9. The van der Waals surface area contributed by atoms with E-state index in [0.717, 1.165) is 11.1 Å². The summed E-state index contributed by atoms with van der Waals surface area (Å²) in [6, 6.07) is 39.2. The van der Waals surface area contributed by atoms with E-state index in [2.05, 4.69) is 170 Å². The molecule has 0 radical (unpaired) electrons. The van der Waals surface area contributed by atoms with Crippen molar-refractivity contribution in [3.8, 4) is 0 Å². The number of hydrogen-bond donors (Lipinski definition) is 0. The molecule has 5 aromatic carbocycles. The predicted octanol–water partition coefficient (Wildman–Crippen LogP) is 5.79. The van der Waals surface area contributed by atoms with Gasteiger partial charge in [0.2, 0.25) is 0 Å². The first kappa shape index (κ1) is 39.3. The van der Waals surface area contributed by atoms with Crippen LogP contribution in [0.25, 0.3) is 27.1 Å². The Morgan fingerprint density at radius 2 is 1.17 bits per heavy atom. The number of fused-ring (bicyclic) bond motifs is 3. The molecule has 6 aromatic rings. The van der Waals surface area contributed by atoms with E-state index in [1.165, 1.54) is 71.2 Å². The third kappa shape index (κ3) is 9.95. The number of benzene rings is 4. The summed E-state index contributed by atoms with van der Waals surface area (Å²) in [6.45, 7) is 15.8. The molecular weight excluding hydrogens is 707 g/mol. The molecule has 0 aliphatic heterocycles. The van der Waals surface area contributed by atoms with Crippen molar-refractivity contribution in [3.05, 3.63) is 168 Å². The predicted molar refractivity (Wildman–Crippen MR) is 194 cm³/mol. The van der Waals surface area contributed by atoms with Gasteiger partial charge in [-0.15, -0.1) is 45.8 Å². The Morgan fingerprint density at radius 1 is 0.688 bits per heavy atom. The third-order valence-electron chi connectivity index (χ3n) is 8.33. The fourth-order valence-electron chi connectivity index (χ4n) is 5.49. The van der Waals surface area contributed by atoms with Crippen LogP contribution < -0.4 is 24.8 Å². The van der Waals surface area contributed by atoms with Gasteiger partial charge in [-0.2, -0.15) is 17.7 Å². The van der Waals surface area contributed by atoms with Crippen molar-refractivity contribution in [2.45, 2.75) is 59.3 Å². The summed E-state index contributed by atoms with van der Waals surface area (Å²) in [5.74, 6) is 0.444. The average molecular weight is 751 g/mol. The molecule has 48 heavy (non-hydrogen) atoms. The molecule has 0 bridgehead atoms. The molecule has 0 amide bonds. The van der Waals surface area contributed by atoms with Gasteiger partial charge in [0.05, 0.1) is 6.26 Å². The van der Waals surface area contributed by atoms with Gasteiger partial charge in [-0.1, -0.05) is 101 Å².